The third-order valence-corrected chi connectivity index (χ3v) is 2.37. The topological polar surface area (TPSA) is 104 Å². The number of aliphatic hydroxyl groups excluding tert-OH is 1. The fraction of sp³-hybridized carbons (Fsp3) is 0.300. The summed E-state index contributed by atoms with van der Waals surface area (Å²) in [6.07, 6.45) is 0. The van der Waals surface area contributed by atoms with Crippen LogP contribution in [0.25, 0.3) is 0 Å². The van der Waals surface area contributed by atoms with Gasteiger partial charge in [-0.3, -0.25) is 0 Å². The fourth-order valence-electron chi connectivity index (χ4n) is 1.36. The van der Waals surface area contributed by atoms with Crippen LogP contribution in [0.15, 0.2) is 12.1 Å². The second kappa shape index (κ2) is 6.09. The lowest BCUT2D eigenvalue weighted by atomic mass is 9.97. The lowest BCUT2D eigenvalue weighted by Crippen LogP contribution is -2.37. The second-order valence-electron chi connectivity index (χ2n) is 3.56. The molecule has 0 unspecified atom stereocenters. The highest BCUT2D eigenvalue weighted by molar-refractivity contribution is 5.91. The van der Waals surface area contributed by atoms with Crippen molar-refractivity contribution < 1.29 is 33.3 Å². The number of hydrogen-bond donors (Lipinski definition) is 4. The Labute approximate surface area is 111 Å². The number of hydrogen-bond acceptors (Lipinski definition) is 4. The van der Waals surface area contributed by atoms with Crippen molar-refractivity contribution in [2.75, 3.05) is 6.61 Å². The van der Waals surface area contributed by atoms with E-state index in [2.05, 4.69) is 0 Å². The van der Waals surface area contributed by atoms with Crippen molar-refractivity contribution in [3.05, 3.63) is 29.1 Å². The number of carboxylic acids is 1. The van der Waals surface area contributed by atoms with Gasteiger partial charge < -0.3 is 21.1 Å². The summed E-state index contributed by atoms with van der Waals surface area (Å²) in [5, 5.41) is 26.6. The van der Waals surface area contributed by atoms with Gasteiger partial charge in [-0.1, -0.05) is 0 Å². The van der Waals surface area contributed by atoms with Crippen LogP contribution in [0.5, 0.6) is 5.75 Å². The molecule has 1 aromatic carbocycles. The molecule has 0 saturated heterocycles. The van der Waals surface area contributed by atoms with Crippen LogP contribution in [0.4, 0.5) is 13.2 Å². The summed E-state index contributed by atoms with van der Waals surface area (Å²) in [6, 6.07) is -1.03. The molecule has 0 aliphatic carbocycles. The van der Waals surface area contributed by atoms with Crippen molar-refractivity contribution in [3.63, 3.8) is 0 Å². The molecule has 1 aromatic rings. The molecule has 1 atom stereocenters. The quantitative estimate of drug-likeness (QED) is 0.670. The summed E-state index contributed by atoms with van der Waals surface area (Å²) < 4.78 is 39.6. The number of alkyl halides is 2. The smallest absolute Gasteiger partial charge is 0.339 e. The number of carboxylic acid groups (broad SMARTS) is 1. The van der Waals surface area contributed by atoms with Crippen LogP contribution in [0, 0.1) is 5.82 Å². The molecule has 5 N–H and O–H groups in total. The van der Waals surface area contributed by atoms with E-state index in [1.807, 2.05) is 0 Å². The van der Waals surface area contributed by atoms with Gasteiger partial charge in [0.05, 0.1) is 5.56 Å². The molecule has 0 spiro atoms. The molecule has 0 amide bonds. The van der Waals surface area contributed by atoms with Gasteiger partial charge in [-0.25, -0.2) is 18.0 Å². The molecule has 108 valence electrons. The minimum Gasteiger partial charge on any atom is -0.507 e. The summed E-state index contributed by atoms with van der Waals surface area (Å²) >= 11 is 0. The number of aromatic hydroxyl groups is 1. The van der Waals surface area contributed by atoms with Crippen LogP contribution in [0.1, 0.15) is 22.0 Å². The average molecular weight is 302 g/mol. The number of carbonyl (C=O) groups is 1. The Morgan fingerprint density at radius 2 is 1.95 bits per heavy atom. The number of halogens is 4. The van der Waals surface area contributed by atoms with Crippen LogP contribution in [0.3, 0.4) is 0 Å². The van der Waals surface area contributed by atoms with E-state index < -0.39 is 47.2 Å². The Balaban J connectivity index is 0.00000324. The maximum Gasteiger partial charge on any atom is 0.339 e. The Hall–Kier alpha value is -1.51. The zero-order chi connectivity index (χ0) is 14.1. The molecule has 0 aliphatic rings. The molecule has 0 fully saturated rings. The van der Waals surface area contributed by atoms with Gasteiger partial charge in [0.1, 0.15) is 29.8 Å². The zero-order valence-corrected chi connectivity index (χ0v) is 10.1. The first-order valence-electron chi connectivity index (χ1n) is 4.71. The van der Waals surface area contributed by atoms with Crippen molar-refractivity contribution in [3.8, 4) is 5.75 Å². The molecule has 0 aromatic heterocycles. The standard InChI is InChI=1S/C10H10F3NO4.ClH/c11-5-2-1-4(9(17)18)7(16)6(5)8(14)10(12,13)3-15;/h1-2,8,15-16H,3,14H2,(H,17,18);1H/t8-;/m0./s1. The Bertz CT molecular complexity index is 484. The van der Waals surface area contributed by atoms with Gasteiger partial charge in [0.2, 0.25) is 0 Å². The summed E-state index contributed by atoms with van der Waals surface area (Å²) in [7, 11) is 0. The average Bonchev–Trinajstić information content (AvgIpc) is 2.28. The first-order chi connectivity index (χ1) is 8.22. The minimum absolute atomic E-state index is 0. The third kappa shape index (κ3) is 3.28. The van der Waals surface area contributed by atoms with Crippen molar-refractivity contribution in [2.24, 2.45) is 5.73 Å². The van der Waals surface area contributed by atoms with Crippen molar-refractivity contribution >= 4 is 18.4 Å². The van der Waals surface area contributed by atoms with Crippen molar-refractivity contribution in [1.82, 2.24) is 0 Å². The maximum atomic E-state index is 13.4. The van der Waals surface area contributed by atoms with Gasteiger partial charge >= 0.3 is 5.97 Å². The maximum absolute atomic E-state index is 13.4. The minimum atomic E-state index is -3.89. The molecule has 0 bridgehead atoms. The molecule has 9 heteroatoms. The van der Waals surface area contributed by atoms with Gasteiger partial charge in [-0.15, -0.1) is 12.4 Å². The van der Waals surface area contributed by atoms with E-state index >= 15 is 0 Å². The van der Waals surface area contributed by atoms with E-state index in [-0.39, 0.29) is 12.4 Å². The summed E-state index contributed by atoms with van der Waals surface area (Å²) in [4.78, 5) is 10.7. The third-order valence-electron chi connectivity index (χ3n) is 2.37. The van der Waals surface area contributed by atoms with Crippen LogP contribution < -0.4 is 5.73 Å². The molecule has 0 saturated carbocycles. The SMILES string of the molecule is Cl.N[C@@H](c1c(F)ccc(C(=O)O)c1O)C(F)(F)CO. The summed E-state index contributed by atoms with van der Waals surface area (Å²) in [5.74, 6) is -7.97. The van der Waals surface area contributed by atoms with Crippen LogP contribution in [-0.2, 0) is 0 Å². The number of rotatable bonds is 4. The first kappa shape index (κ1) is 17.5. The van der Waals surface area contributed by atoms with E-state index in [0.29, 0.717) is 6.07 Å². The first-order valence-corrected chi connectivity index (χ1v) is 4.71. The number of nitrogens with two attached hydrogens (primary N) is 1. The van der Waals surface area contributed by atoms with E-state index in [4.69, 9.17) is 15.9 Å². The molecule has 0 heterocycles. The summed E-state index contributed by atoms with van der Waals surface area (Å²) in [5.41, 5.74) is 3.25. The predicted molar refractivity (Wildman–Crippen MR) is 61.2 cm³/mol. The lowest BCUT2D eigenvalue weighted by Gasteiger charge is -2.23. The van der Waals surface area contributed by atoms with Gasteiger partial charge in [0.25, 0.3) is 5.92 Å². The summed E-state index contributed by atoms with van der Waals surface area (Å²) in [6.45, 7) is -1.66. The number of phenols is 1. The fourth-order valence-corrected chi connectivity index (χ4v) is 1.36. The second-order valence-corrected chi connectivity index (χ2v) is 3.56. The number of aromatic carboxylic acids is 1. The van der Waals surface area contributed by atoms with E-state index in [9.17, 15) is 23.1 Å². The zero-order valence-electron chi connectivity index (χ0n) is 9.31. The van der Waals surface area contributed by atoms with Crippen LogP contribution >= 0.6 is 12.4 Å². The Kier molecular flexibility index (Phi) is 5.61. The van der Waals surface area contributed by atoms with Gasteiger partial charge in [0.15, 0.2) is 0 Å². The molecule has 0 aliphatic heterocycles. The van der Waals surface area contributed by atoms with Crippen molar-refractivity contribution in [1.29, 1.82) is 0 Å². The van der Waals surface area contributed by atoms with Gasteiger partial charge in [0, 0.05) is 0 Å². The number of aliphatic hydroxyl groups is 1. The van der Waals surface area contributed by atoms with E-state index in [0.717, 1.165) is 6.07 Å². The largest absolute Gasteiger partial charge is 0.507 e. The van der Waals surface area contributed by atoms with Gasteiger partial charge in [-0.05, 0) is 12.1 Å². The lowest BCUT2D eigenvalue weighted by molar-refractivity contribution is -0.0723. The highest BCUT2D eigenvalue weighted by Crippen LogP contribution is 2.37. The Morgan fingerprint density at radius 3 is 2.37 bits per heavy atom. The van der Waals surface area contributed by atoms with Crippen LogP contribution in [0.2, 0.25) is 0 Å². The monoisotopic (exact) mass is 301 g/mol. The highest BCUT2D eigenvalue weighted by atomic mass is 35.5. The van der Waals surface area contributed by atoms with Crippen molar-refractivity contribution in [2.45, 2.75) is 12.0 Å². The number of benzene rings is 1. The molecular weight excluding hydrogens is 291 g/mol. The predicted octanol–water partition coefficient (Wildman–Crippen LogP) is 1.28. The van der Waals surface area contributed by atoms with E-state index in [1.165, 1.54) is 0 Å². The molecule has 0 radical (unpaired) electrons. The molecule has 1 rings (SSSR count). The van der Waals surface area contributed by atoms with Crippen LogP contribution in [-0.4, -0.2) is 33.8 Å². The molecule has 5 nitrogen and oxygen atoms in total. The Morgan fingerprint density at radius 1 is 1.42 bits per heavy atom. The van der Waals surface area contributed by atoms with E-state index in [1.54, 1.807) is 0 Å². The van der Waals surface area contributed by atoms with Gasteiger partial charge in [-0.2, -0.15) is 0 Å². The molecular formula is C10H11ClF3NO4. The normalized spacial score (nSPS) is 12.7. The highest BCUT2D eigenvalue weighted by Gasteiger charge is 2.41. The molecule has 19 heavy (non-hydrogen) atoms.